The molecule has 1 aromatic heterocycles. The van der Waals surface area contributed by atoms with E-state index in [1.165, 1.54) is 11.9 Å². The van der Waals surface area contributed by atoms with E-state index in [9.17, 15) is 0 Å². The van der Waals surface area contributed by atoms with Crippen molar-refractivity contribution in [3.8, 4) is 0 Å². The first-order valence-corrected chi connectivity index (χ1v) is 6.42. The summed E-state index contributed by atoms with van der Waals surface area (Å²) < 4.78 is 2.24. The Hall–Kier alpha value is -1.35. The second kappa shape index (κ2) is 5.82. The summed E-state index contributed by atoms with van der Waals surface area (Å²) in [6, 6.07) is 8.30. The molecule has 0 aliphatic rings. The number of nitrogens with one attached hydrogen (secondary N) is 1. The highest BCUT2D eigenvalue weighted by molar-refractivity contribution is 5.74. The van der Waals surface area contributed by atoms with Crippen molar-refractivity contribution in [2.75, 3.05) is 13.1 Å². The molecule has 92 valence electrons. The Bertz CT molecular complexity index is 461. The monoisotopic (exact) mass is 231 g/mol. The van der Waals surface area contributed by atoms with Crippen molar-refractivity contribution in [2.45, 2.75) is 26.8 Å². The van der Waals surface area contributed by atoms with Gasteiger partial charge in [-0.1, -0.05) is 26.0 Å². The average Bonchev–Trinajstić information content (AvgIpc) is 2.73. The molecule has 0 saturated carbocycles. The third-order valence-electron chi connectivity index (χ3n) is 2.96. The molecule has 0 radical (unpaired) electrons. The third-order valence-corrected chi connectivity index (χ3v) is 2.96. The Morgan fingerprint density at radius 3 is 3.00 bits per heavy atom. The molecule has 17 heavy (non-hydrogen) atoms. The predicted octanol–water partition coefficient (Wildman–Crippen LogP) is 2.67. The Morgan fingerprint density at radius 1 is 1.35 bits per heavy atom. The van der Waals surface area contributed by atoms with Crippen LogP contribution in [0.2, 0.25) is 0 Å². The number of para-hydroxylation sites is 2. The molecule has 1 N–H and O–H groups in total. The molecule has 2 aromatic rings. The van der Waals surface area contributed by atoms with E-state index < -0.39 is 0 Å². The minimum Gasteiger partial charge on any atom is -0.330 e. The maximum absolute atomic E-state index is 4.41. The number of imidazole rings is 1. The molecule has 0 aliphatic carbocycles. The van der Waals surface area contributed by atoms with Gasteiger partial charge < -0.3 is 9.88 Å². The van der Waals surface area contributed by atoms with Crippen molar-refractivity contribution >= 4 is 11.0 Å². The van der Waals surface area contributed by atoms with Gasteiger partial charge in [-0.2, -0.15) is 0 Å². The quantitative estimate of drug-likeness (QED) is 0.775. The van der Waals surface area contributed by atoms with Gasteiger partial charge in [0, 0.05) is 6.54 Å². The van der Waals surface area contributed by atoms with Crippen molar-refractivity contribution < 1.29 is 0 Å². The van der Waals surface area contributed by atoms with Crippen LogP contribution in [0.4, 0.5) is 0 Å². The van der Waals surface area contributed by atoms with E-state index in [1.54, 1.807) is 0 Å². The van der Waals surface area contributed by atoms with E-state index in [4.69, 9.17) is 0 Å². The molecule has 0 aliphatic heterocycles. The van der Waals surface area contributed by atoms with E-state index in [1.807, 2.05) is 12.4 Å². The highest BCUT2D eigenvalue weighted by Gasteiger charge is 2.06. The first-order valence-electron chi connectivity index (χ1n) is 6.42. The topological polar surface area (TPSA) is 29.9 Å². The van der Waals surface area contributed by atoms with E-state index in [0.717, 1.165) is 25.2 Å². The minimum atomic E-state index is 0.624. The first kappa shape index (κ1) is 12.1. The highest BCUT2D eigenvalue weighted by atomic mass is 15.0. The maximum atomic E-state index is 4.41. The summed E-state index contributed by atoms with van der Waals surface area (Å²) in [4.78, 5) is 4.41. The zero-order valence-electron chi connectivity index (χ0n) is 10.7. The van der Waals surface area contributed by atoms with Crippen molar-refractivity contribution in [1.29, 1.82) is 0 Å². The molecule has 0 amide bonds. The third kappa shape index (κ3) is 3.07. The zero-order chi connectivity index (χ0) is 12.1. The fraction of sp³-hybridized carbons (Fsp3) is 0.500. The van der Waals surface area contributed by atoms with Crippen LogP contribution in [0.1, 0.15) is 20.3 Å². The molecule has 2 rings (SSSR count). The lowest BCUT2D eigenvalue weighted by Gasteiger charge is -2.13. The summed E-state index contributed by atoms with van der Waals surface area (Å²) in [5, 5.41) is 3.46. The lowest BCUT2D eigenvalue weighted by Crippen LogP contribution is -2.24. The van der Waals surface area contributed by atoms with Crippen molar-refractivity contribution in [1.82, 2.24) is 14.9 Å². The summed E-state index contributed by atoms with van der Waals surface area (Å²) in [6.07, 6.45) is 3.14. The maximum Gasteiger partial charge on any atom is 0.0958 e. The molecular weight excluding hydrogens is 210 g/mol. The average molecular weight is 231 g/mol. The standard InChI is InChI=1S/C14H21N3/c1-3-8-15-9-12(2)10-17-11-16-13-6-4-5-7-14(13)17/h4-7,11-12,15H,3,8-10H2,1-2H3. The van der Waals surface area contributed by atoms with E-state index in [2.05, 4.69) is 46.9 Å². The van der Waals surface area contributed by atoms with E-state index >= 15 is 0 Å². The smallest absolute Gasteiger partial charge is 0.0958 e. The van der Waals surface area contributed by atoms with Crippen LogP contribution in [0.25, 0.3) is 11.0 Å². The number of aromatic nitrogens is 2. The molecule has 3 nitrogen and oxygen atoms in total. The van der Waals surface area contributed by atoms with Crippen LogP contribution < -0.4 is 5.32 Å². The molecule has 1 unspecified atom stereocenters. The zero-order valence-corrected chi connectivity index (χ0v) is 10.7. The van der Waals surface area contributed by atoms with Crippen LogP contribution in [0.15, 0.2) is 30.6 Å². The number of rotatable bonds is 6. The molecule has 1 atom stereocenters. The van der Waals surface area contributed by atoms with Crippen LogP contribution >= 0.6 is 0 Å². The highest BCUT2D eigenvalue weighted by Crippen LogP contribution is 2.13. The van der Waals surface area contributed by atoms with Crippen molar-refractivity contribution in [3.05, 3.63) is 30.6 Å². The molecule has 3 heteroatoms. The largest absolute Gasteiger partial charge is 0.330 e. The molecular formula is C14H21N3. The van der Waals surface area contributed by atoms with Gasteiger partial charge in [0.2, 0.25) is 0 Å². The molecule has 1 aromatic carbocycles. The Balaban J connectivity index is 1.98. The van der Waals surface area contributed by atoms with Crippen LogP contribution in [-0.4, -0.2) is 22.6 Å². The number of hydrogen-bond donors (Lipinski definition) is 1. The first-order chi connectivity index (χ1) is 8.31. The van der Waals surface area contributed by atoms with Crippen LogP contribution in [-0.2, 0) is 6.54 Å². The Labute approximate surface area is 103 Å². The summed E-state index contributed by atoms with van der Waals surface area (Å²) in [5.74, 6) is 0.624. The Morgan fingerprint density at radius 2 is 2.18 bits per heavy atom. The predicted molar refractivity (Wildman–Crippen MR) is 72.1 cm³/mol. The summed E-state index contributed by atoms with van der Waals surface area (Å²) in [6.45, 7) is 7.67. The van der Waals surface area contributed by atoms with Gasteiger partial charge in [0.05, 0.1) is 17.4 Å². The van der Waals surface area contributed by atoms with Crippen LogP contribution in [0.3, 0.4) is 0 Å². The number of nitrogens with zero attached hydrogens (tertiary/aromatic N) is 2. The number of hydrogen-bond acceptors (Lipinski definition) is 2. The minimum absolute atomic E-state index is 0.624. The molecule has 0 bridgehead atoms. The fourth-order valence-electron chi connectivity index (χ4n) is 2.08. The van der Waals surface area contributed by atoms with Gasteiger partial charge in [-0.25, -0.2) is 4.98 Å². The Kier molecular flexibility index (Phi) is 4.15. The van der Waals surface area contributed by atoms with Crippen LogP contribution in [0, 0.1) is 5.92 Å². The van der Waals surface area contributed by atoms with Crippen molar-refractivity contribution in [2.24, 2.45) is 5.92 Å². The van der Waals surface area contributed by atoms with Crippen molar-refractivity contribution in [3.63, 3.8) is 0 Å². The van der Waals surface area contributed by atoms with Gasteiger partial charge in [-0.15, -0.1) is 0 Å². The molecule has 0 spiro atoms. The second-order valence-electron chi connectivity index (χ2n) is 4.69. The van der Waals surface area contributed by atoms with Gasteiger partial charge in [-0.05, 0) is 37.6 Å². The van der Waals surface area contributed by atoms with E-state index in [-0.39, 0.29) is 0 Å². The van der Waals surface area contributed by atoms with E-state index in [0.29, 0.717) is 5.92 Å². The van der Waals surface area contributed by atoms with Gasteiger partial charge in [0.1, 0.15) is 0 Å². The van der Waals surface area contributed by atoms with Gasteiger partial charge >= 0.3 is 0 Å². The summed E-state index contributed by atoms with van der Waals surface area (Å²) in [5.41, 5.74) is 2.32. The summed E-state index contributed by atoms with van der Waals surface area (Å²) in [7, 11) is 0. The lowest BCUT2D eigenvalue weighted by atomic mass is 10.1. The number of fused-ring (bicyclic) bond motifs is 1. The molecule has 0 fully saturated rings. The molecule has 1 heterocycles. The fourth-order valence-corrected chi connectivity index (χ4v) is 2.08. The lowest BCUT2D eigenvalue weighted by molar-refractivity contribution is 0.451. The summed E-state index contributed by atoms with van der Waals surface area (Å²) >= 11 is 0. The normalized spacial score (nSPS) is 13.1. The SMILES string of the molecule is CCCNCC(C)Cn1cnc2ccccc21. The van der Waals surface area contributed by atoms with Gasteiger partial charge in [0.15, 0.2) is 0 Å². The second-order valence-corrected chi connectivity index (χ2v) is 4.69. The molecule has 0 saturated heterocycles. The number of benzene rings is 1. The van der Waals surface area contributed by atoms with Gasteiger partial charge in [-0.3, -0.25) is 0 Å². The van der Waals surface area contributed by atoms with Crippen LogP contribution in [0.5, 0.6) is 0 Å². The van der Waals surface area contributed by atoms with Gasteiger partial charge in [0.25, 0.3) is 0 Å².